The smallest absolute Gasteiger partial charge is 0.191 e. The highest BCUT2D eigenvalue weighted by molar-refractivity contribution is 7.98. The number of hydrogen-bond donors (Lipinski definition) is 2. The van der Waals surface area contributed by atoms with Gasteiger partial charge in [0.25, 0.3) is 0 Å². The number of unbranched alkanes of at least 4 members (excludes halogenated alkanes) is 1. The molecule has 1 aromatic heterocycles. The molecule has 136 valence electrons. The third-order valence-corrected chi connectivity index (χ3v) is 4.86. The Morgan fingerprint density at radius 2 is 1.92 bits per heavy atom. The molecule has 5 nitrogen and oxygen atoms in total. The molecule has 0 amide bonds. The van der Waals surface area contributed by atoms with E-state index in [9.17, 15) is 0 Å². The number of hydrogen-bond acceptors (Lipinski definition) is 3. The lowest BCUT2D eigenvalue weighted by Gasteiger charge is -2.12. The van der Waals surface area contributed by atoms with Gasteiger partial charge < -0.3 is 10.6 Å². The summed E-state index contributed by atoms with van der Waals surface area (Å²) in [4.78, 5) is 4.31. The number of guanidine groups is 1. The third kappa shape index (κ3) is 5.53. The molecule has 0 bridgehead atoms. The van der Waals surface area contributed by atoms with Crippen molar-refractivity contribution in [2.24, 2.45) is 4.99 Å². The summed E-state index contributed by atoms with van der Waals surface area (Å²) >= 11 is 1.89. The molecule has 0 fully saturated rings. The molecule has 6 heteroatoms. The minimum absolute atomic E-state index is 0.717. The van der Waals surface area contributed by atoms with Crippen LogP contribution in [0.5, 0.6) is 0 Å². The minimum Gasteiger partial charge on any atom is -0.356 e. The first kappa shape index (κ1) is 19.4. The van der Waals surface area contributed by atoms with Crippen LogP contribution in [0.4, 0.5) is 0 Å². The molecule has 2 aromatic rings. The Hall–Kier alpha value is -1.95. The van der Waals surface area contributed by atoms with E-state index in [0.717, 1.165) is 42.5 Å². The first-order valence-corrected chi connectivity index (χ1v) is 10.1. The average molecular weight is 360 g/mol. The molecule has 0 spiro atoms. The average Bonchev–Trinajstić information content (AvgIpc) is 2.92. The summed E-state index contributed by atoms with van der Waals surface area (Å²) in [5.41, 5.74) is 4.51. The van der Waals surface area contributed by atoms with E-state index in [1.165, 1.54) is 17.7 Å². The van der Waals surface area contributed by atoms with Crippen LogP contribution in [0.15, 0.2) is 35.3 Å². The van der Waals surface area contributed by atoms with Crippen LogP contribution in [0.2, 0.25) is 0 Å². The number of aryl methyl sites for hydroxylation is 1. The summed E-state index contributed by atoms with van der Waals surface area (Å²) in [5, 5.41) is 11.5. The minimum atomic E-state index is 0.717. The summed E-state index contributed by atoms with van der Waals surface area (Å²) in [6, 6.07) is 10.2. The predicted octanol–water partition coefficient (Wildman–Crippen LogP) is 3.30. The highest BCUT2D eigenvalue weighted by atomic mass is 32.2. The van der Waals surface area contributed by atoms with Gasteiger partial charge in [-0.2, -0.15) is 16.9 Å². The third-order valence-electron chi connectivity index (χ3n) is 4.17. The largest absolute Gasteiger partial charge is 0.356 e. The first-order valence-electron chi connectivity index (χ1n) is 8.71. The SMILES string of the molecule is CN=C(NCCCCSC)NCc1c(C)nn(-c2ccccc2)c1C. The molecule has 0 radical (unpaired) electrons. The van der Waals surface area contributed by atoms with Crippen molar-refractivity contribution in [3.8, 4) is 5.69 Å². The molecule has 0 aliphatic carbocycles. The molecule has 25 heavy (non-hydrogen) atoms. The molecule has 1 heterocycles. The monoisotopic (exact) mass is 359 g/mol. The topological polar surface area (TPSA) is 54.2 Å². The van der Waals surface area contributed by atoms with Crippen molar-refractivity contribution in [1.82, 2.24) is 20.4 Å². The van der Waals surface area contributed by atoms with E-state index in [2.05, 4.69) is 47.9 Å². The molecule has 0 aliphatic heterocycles. The zero-order chi connectivity index (χ0) is 18.1. The number of aromatic nitrogens is 2. The van der Waals surface area contributed by atoms with Gasteiger partial charge in [-0.15, -0.1) is 0 Å². The molecule has 0 unspecified atom stereocenters. The van der Waals surface area contributed by atoms with Crippen LogP contribution in [-0.2, 0) is 6.54 Å². The fourth-order valence-electron chi connectivity index (χ4n) is 2.72. The van der Waals surface area contributed by atoms with Crippen LogP contribution in [0, 0.1) is 13.8 Å². The van der Waals surface area contributed by atoms with Crippen LogP contribution in [0.1, 0.15) is 29.8 Å². The number of aliphatic imine (C=N–C) groups is 1. The number of rotatable bonds is 8. The van der Waals surface area contributed by atoms with Crippen LogP contribution in [-0.4, -0.2) is 41.3 Å². The van der Waals surface area contributed by atoms with Gasteiger partial charge in [-0.05, 0) is 50.8 Å². The van der Waals surface area contributed by atoms with Gasteiger partial charge in [-0.3, -0.25) is 4.99 Å². The van der Waals surface area contributed by atoms with Crippen LogP contribution in [0.25, 0.3) is 5.69 Å². The molecule has 1 aromatic carbocycles. The maximum absolute atomic E-state index is 4.69. The van der Waals surface area contributed by atoms with E-state index in [-0.39, 0.29) is 0 Å². The Kier molecular flexibility index (Phi) is 7.85. The number of thioether (sulfide) groups is 1. The van der Waals surface area contributed by atoms with E-state index in [1.807, 2.05) is 41.7 Å². The van der Waals surface area contributed by atoms with Crippen molar-refractivity contribution in [3.63, 3.8) is 0 Å². The van der Waals surface area contributed by atoms with Crippen molar-refractivity contribution in [1.29, 1.82) is 0 Å². The molecule has 0 aliphatic rings. The highest BCUT2D eigenvalue weighted by Gasteiger charge is 2.12. The Bertz CT molecular complexity index is 679. The van der Waals surface area contributed by atoms with Crippen LogP contribution >= 0.6 is 11.8 Å². The molecule has 2 rings (SSSR count). The summed E-state index contributed by atoms with van der Waals surface area (Å²) in [5.74, 6) is 2.06. The van der Waals surface area contributed by atoms with Crippen LogP contribution < -0.4 is 10.6 Å². The molecule has 2 N–H and O–H groups in total. The van der Waals surface area contributed by atoms with Gasteiger partial charge in [0.15, 0.2) is 5.96 Å². The van der Waals surface area contributed by atoms with E-state index in [1.54, 1.807) is 0 Å². The van der Waals surface area contributed by atoms with E-state index >= 15 is 0 Å². The van der Waals surface area contributed by atoms with E-state index in [0.29, 0.717) is 0 Å². The first-order chi connectivity index (χ1) is 12.2. The van der Waals surface area contributed by atoms with Crippen molar-refractivity contribution < 1.29 is 0 Å². The summed E-state index contributed by atoms with van der Waals surface area (Å²) in [6.07, 6.45) is 4.53. The second kappa shape index (κ2) is 10.1. The van der Waals surface area contributed by atoms with Gasteiger partial charge in [0.2, 0.25) is 0 Å². The van der Waals surface area contributed by atoms with Crippen molar-refractivity contribution in [3.05, 3.63) is 47.3 Å². The zero-order valence-corrected chi connectivity index (χ0v) is 16.5. The molecular formula is C19H29N5S. The Morgan fingerprint density at radius 3 is 2.60 bits per heavy atom. The van der Waals surface area contributed by atoms with E-state index in [4.69, 9.17) is 5.10 Å². The fraction of sp³-hybridized carbons (Fsp3) is 0.474. The molecule has 0 saturated heterocycles. The standard InChI is InChI=1S/C19H29N5S/c1-15-18(14-22-19(20-3)21-12-8-9-13-25-4)16(2)24(23-15)17-10-6-5-7-11-17/h5-7,10-11H,8-9,12-14H2,1-4H3,(H2,20,21,22). The second-order valence-corrected chi connectivity index (χ2v) is 6.93. The van der Waals surface area contributed by atoms with Gasteiger partial charge in [-0.25, -0.2) is 4.68 Å². The Morgan fingerprint density at radius 1 is 1.16 bits per heavy atom. The van der Waals surface area contributed by atoms with Gasteiger partial charge in [-0.1, -0.05) is 18.2 Å². The van der Waals surface area contributed by atoms with Crippen molar-refractivity contribution in [2.45, 2.75) is 33.2 Å². The van der Waals surface area contributed by atoms with Gasteiger partial charge >= 0.3 is 0 Å². The van der Waals surface area contributed by atoms with Gasteiger partial charge in [0.1, 0.15) is 0 Å². The van der Waals surface area contributed by atoms with Crippen molar-refractivity contribution in [2.75, 3.05) is 25.6 Å². The normalized spacial score (nSPS) is 11.6. The maximum atomic E-state index is 4.69. The van der Waals surface area contributed by atoms with Crippen molar-refractivity contribution >= 4 is 17.7 Å². The molecule has 0 atom stereocenters. The quantitative estimate of drug-likeness (QED) is 0.431. The Labute approximate surface area is 155 Å². The van der Waals surface area contributed by atoms with Gasteiger partial charge in [0, 0.05) is 31.4 Å². The predicted molar refractivity (Wildman–Crippen MR) is 109 cm³/mol. The number of benzene rings is 1. The summed E-state index contributed by atoms with van der Waals surface area (Å²) in [7, 11) is 1.81. The number of nitrogens with zero attached hydrogens (tertiary/aromatic N) is 3. The maximum Gasteiger partial charge on any atom is 0.191 e. The second-order valence-electron chi connectivity index (χ2n) is 5.95. The van der Waals surface area contributed by atoms with Gasteiger partial charge in [0.05, 0.1) is 11.4 Å². The van der Waals surface area contributed by atoms with Crippen LogP contribution in [0.3, 0.4) is 0 Å². The number of nitrogens with one attached hydrogen (secondary N) is 2. The zero-order valence-electron chi connectivity index (χ0n) is 15.7. The molecular weight excluding hydrogens is 330 g/mol. The highest BCUT2D eigenvalue weighted by Crippen LogP contribution is 2.17. The lowest BCUT2D eigenvalue weighted by atomic mass is 10.2. The lowest BCUT2D eigenvalue weighted by molar-refractivity contribution is 0.731. The lowest BCUT2D eigenvalue weighted by Crippen LogP contribution is -2.37. The molecule has 0 saturated carbocycles. The summed E-state index contributed by atoms with van der Waals surface area (Å²) < 4.78 is 2.00. The summed E-state index contributed by atoms with van der Waals surface area (Å²) in [6.45, 7) is 5.83. The Balaban J connectivity index is 1.95. The fourth-order valence-corrected chi connectivity index (χ4v) is 3.22. The number of para-hydroxylation sites is 1. The van der Waals surface area contributed by atoms with E-state index < -0.39 is 0 Å².